The minimum Gasteiger partial charge on any atom is -0.317 e. The number of urea groups is 1. The van der Waals surface area contributed by atoms with Gasteiger partial charge in [0.2, 0.25) is 0 Å². The second-order valence-electron chi connectivity index (χ2n) is 6.03. The number of hydrogen-bond acceptors (Lipinski definition) is 3. The van der Waals surface area contributed by atoms with Gasteiger partial charge in [-0.25, -0.2) is 17.5 Å². The minimum atomic E-state index is -3.79. The molecule has 0 N–H and O–H groups in total. The summed E-state index contributed by atoms with van der Waals surface area (Å²) in [5.74, 6) is 0. The summed E-state index contributed by atoms with van der Waals surface area (Å²) in [4.78, 5) is 14.2. The molecule has 1 aliphatic rings. The van der Waals surface area contributed by atoms with Crippen molar-refractivity contribution in [1.29, 1.82) is 0 Å². The number of nitrogens with zero attached hydrogens (tertiary/aromatic N) is 2. The molecule has 2 amide bonds. The van der Waals surface area contributed by atoms with Gasteiger partial charge < -0.3 is 4.90 Å². The second kappa shape index (κ2) is 4.77. The Morgan fingerprint density at radius 2 is 1.70 bits per heavy atom. The van der Waals surface area contributed by atoms with E-state index in [9.17, 15) is 13.2 Å². The average Bonchev–Trinajstić information content (AvgIpc) is 2.66. The molecule has 110 valence electrons. The van der Waals surface area contributed by atoms with Gasteiger partial charge in [0, 0.05) is 12.1 Å². The Kier molecular flexibility index (Phi) is 3.54. The molecule has 1 fully saturated rings. The van der Waals surface area contributed by atoms with Gasteiger partial charge in [-0.2, -0.15) is 0 Å². The van der Waals surface area contributed by atoms with Crippen LogP contribution in [0.25, 0.3) is 0 Å². The third kappa shape index (κ3) is 2.40. The van der Waals surface area contributed by atoms with E-state index >= 15 is 0 Å². The fourth-order valence-electron chi connectivity index (χ4n) is 2.33. The van der Waals surface area contributed by atoms with Crippen LogP contribution in [-0.2, 0) is 10.0 Å². The smallest absolute Gasteiger partial charge is 0.317 e. The van der Waals surface area contributed by atoms with Crippen molar-refractivity contribution in [1.82, 2.24) is 9.21 Å². The van der Waals surface area contributed by atoms with Crippen LogP contribution < -0.4 is 0 Å². The lowest BCUT2D eigenvalue weighted by Gasteiger charge is -2.31. The standard InChI is InChI=1S/C14H20N2O3S/c1-11-10-15(14(2,3)4)13(17)16(11)20(18,19)12-8-6-5-7-9-12/h5-9,11H,10H2,1-4H3. The van der Waals surface area contributed by atoms with Gasteiger partial charge in [-0.3, -0.25) is 0 Å². The Hall–Kier alpha value is -1.56. The number of carbonyl (C=O) groups excluding carboxylic acids is 1. The third-order valence-corrected chi connectivity index (χ3v) is 5.28. The molecule has 6 heteroatoms. The molecule has 0 saturated carbocycles. The van der Waals surface area contributed by atoms with Crippen molar-refractivity contribution in [3.05, 3.63) is 30.3 Å². The molecule has 1 heterocycles. The molecule has 1 unspecified atom stereocenters. The highest BCUT2D eigenvalue weighted by Crippen LogP contribution is 2.29. The van der Waals surface area contributed by atoms with Crippen LogP contribution in [0.5, 0.6) is 0 Å². The maximum Gasteiger partial charge on any atom is 0.334 e. The Labute approximate surface area is 120 Å². The van der Waals surface area contributed by atoms with E-state index in [0.29, 0.717) is 6.54 Å². The monoisotopic (exact) mass is 296 g/mol. The minimum absolute atomic E-state index is 0.149. The summed E-state index contributed by atoms with van der Waals surface area (Å²) in [6, 6.07) is 7.25. The van der Waals surface area contributed by atoms with Crippen molar-refractivity contribution in [2.75, 3.05) is 6.54 Å². The van der Waals surface area contributed by atoms with Crippen LogP contribution in [0.1, 0.15) is 27.7 Å². The fourth-order valence-corrected chi connectivity index (χ4v) is 3.90. The second-order valence-corrected chi connectivity index (χ2v) is 7.84. The maximum absolute atomic E-state index is 12.6. The van der Waals surface area contributed by atoms with Crippen molar-refractivity contribution < 1.29 is 13.2 Å². The van der Waals surface area contributed by atoms with Crippen LogP contribution in [0, 0.1) is 0 Å². The first-order valence-corrected chi connectivity index (χ1v) is 8.01. The molecule has 1 saturated heterocycles. The highest BCUT2D eigenvalue weighted by atomic mass is 32.2. The molecule has 0 radical (unpaired) electrons. The van der Waals surface area contributed by atoms with E-state index in [-0.39, 0.29) is 10.9 Å². The maximum atomic E-state index is 12.6. The number of benzene rings is 1. The molecule has 1 atom stereocenters. The van der Waals surface area contributed by atoms with Crippen molar-refractivity contribution in [2.45, 2.75) is 44.2 Å². The molecule has 0 aromatic heterocycles. The van der Waals surface area contributed by atoms with Gasteiger partial charge in [0.25, 0.3) is 10.0 Å². The van der Waals surface area contributed by atoms with Crippen LogP contribution in [-0.4, -0.2) is 41.8 Å². The molecule has 20 heavy (non-hydrogen) atoms. The number of amides is 2. The van der Waals surface area contributed by atoms with Crippen LogP contribution >= 0.6 is 0 Å². The van der Waals surface area contributed by atoms with Crippen LogP contribution in [0.3, 0.4) is 0 Å². The molecule has 1 aromatic rings. The summed E-state index contributed by atoms with van der Waals surface area (Å²) in [5, 5.41) is 0. The van der Waals surface area contributed by atoms with Gasteiger partial charge >= 0.3 is 6.03 Å². The lowest BCUT2D eigenvalue weighted by atomic mass is 10.1. The fraction of sp³-hybridized carbons (Fsp3) is 0.500. The summed E-state index contributed by atoms with van der Waals surface area (Å²) in [5.41, 5.74) is -0.397. The van der Waals surface area contributed by atoms with E-state index in [4.69, 9.17) is 0 Å². The summed E-state index contributed by atoms with van der Waals surface area (Å²) in [6.45, 7) is 7.86. The number of sulfonamides is 1. The molecule has 5 nitrogen and oxygen atoms in total. The molecular weight excluding hydrogens is 276 g/mol. The number of rotatable bonds is 2. The van der Waals surface area contributed by atoms with E-state index in [2.05, 4.69) is 0 Å². The van der Waals surface area contributed by atoms with E-state index in [1.165, 1.54) is 12.1 Å². The van der Waals surface area contributed by atoms with E-state index in [0.717, 1.165) is 4.31 Å². The summed E-state index contributed by atoms with van der Waals surface area (Å²) >= 11 is 0. The lowest BCUT2D eigenvalue weighted by Crippen LogP contribution is -2.45. The Bertz CT molecular complexity index is 605. The average molecular weight is 296 g/mol. The van der Waals surface area contributed by atoms with Gasteiger partial charge in [-0.15, -0.1) is 0 Å². The van der Waals surface area contributed by atoms with Gasteiger partial charge in [-0.1, -0.05) is 18.2 Å². The molecule has 2 rings (SSSR count). The Morgan fingerprint density at radius 1 is 1.15 bits per heavy atom. The number of hydrogen-bond donors (Lipinski definition) is 0. The number of carbonyl (C=O) groups is 1. The van der Waals surface area contributed by atoms with Crippen LogP contribution in [0.15, 0.2) is 35.2 Å². The Balaban J connectivity index is 2.41. The van der Waals surface area contributed by atoms with Crippen LogP contribution in [0.2, 0.25) is 0 Å². The lowest BCUT2D eigenvalue weighted by molar-refractivity contribution is 0.164. The first-order valence-electron chi connectivity index (χ1n) is 6.57. The van der Waals surface area contributed by atoms with Gasteiger partial charge in [0.1, 0.15) is 0 Å². The third-order valence-electron chi connectivity index (χ3n) is 3.38. The van der Waals surface area contributed by atoms with Gasteiger partial charge in [0.15, 0.2) is 0 Å². The first-order chi connectivity index (χ1) is 9.15. The quantitative estimate of drug-likeness (QED) is 0.841. The zero-order chi connectivity index (χ0) is 15.1. The highest BCUT2D eigenvalue weighted by Gasteiger charge is 2.46. The summed E-state index contributed by atoms with van der Waals surface area (Å²) < 4.78 is 26.2. The van der Waals surface area contributed by atoms with Gasteiger partial charge in [0.05, 0.1) is 10.9 Å². The van der Waals surface area contributed by atoms with Crippen molar-refractivity contribution in [3.8, 4) is 0 Å². The molecular formula is C14H20N2O3S. The van der Waals surface area contributed by atoms with E-state index in [1.807, 2.05) is 20.8 Å². The summed E-state index contributed by atoms with van der Waals surface area (Å²) in [6.07, 6.45) is 0. The topological polar surface area (TPSA) is 57.7 Å². The Morgan fingerprint density at radius 3 is 2.15 bits per heavy atom. The van der Waals surface area contributed by atoms with Crippen molar-refractivity contribution in [3.63, 3.8) is 0 Å². The molecule has 1 aromatic carbocycles. The zero-order valence-corrected chi connectivity index (χ0v) is 13.0. The largest absolute Gasteiger partial charge is 0.334 e. The SMILES string of the molecule is CC1CN(C(C)(C)C)C(=O)N1S(=O)(=O)c1ccccc1. The van der Waals surface area contributed by atoms with Crippen molar-refractivity contribution in [2.24, 2.45) is 0 Å². The predicted molar refractivity (Wildman–Crippen MR) is 76.8 cm³/mol. The highest BCUT2D eigenvalue weighted by molar-refractivity contribution is 7.89. The van der Waals surface area contributed by atoms with Gasteiger partial charge in [-0.05, 0) is 39.8 Å². The first kappa shape index (κ1) is 14.8. The molecule has 0 spiro atoms. The van der Waals surface area contributed by atoms with Crippen LogP contribution in [0.4, 0.5) is 4.79 Å². The predicted octanol–water partition coefficient (Wildman–Crippen LogP) is 2.30. The normalized spacial score (nSPS) is 20.6. The zero-order valence-electron chi connectivity index (χ0n) is 12.2. The van der Waals surface area contributed by atoms with E-state index < -0.39 is 21.6 Å². The molecule has 0 bridgehead atoms. The molecule has 0 aliphatic carbocycles. The molecule has 1 aliphatic heterocycles. The van der Waals surface area contributed by atoms with E-state index in [1.54, 1.807) is 30.0 Å². The van der Waals surface area contributed by atoms with Crippen molar-refractivity contribution >= 4 is 16.1 Å². The summed E-state index contributed by atoms with van der Waals surface area (Å²) in [7, 11) is -3.79.